The van der Waals surface area contributed by atoms with Crippen molar-refractivity contribution in [3.05, 3.63) is 65.7 Å². The molecule has 0 fully saturated rings. The van der Waals surface area contributed by atoms with Crippen LogP contribution in [0, 0.1) is 0 Å². The number of amidine groups is 2. The Morgan fingerprint density at radius 1 is 1.00 bits per heavy atom. The molecular weight excluding hydrogens is 302 g/mol. The van der Waals surface area contributed by atoms with E-state index in [2.05, 4.69) is 20.4 Å². The summed E-state index contributed by atoms with van der Waals surface area (Å²) >= 11 is 0. The van der Waals surface area contributed by atoms with Gasteiger partial charge >= 0.3 is 0 Å². The van der Waals surface area contributed by atoms with Gasteiger partial charge in [0, 0.05) is 11.1 Å². The first-order chi connectivity index (χ1) is 11.8. The number of hydrogen-bond acceptors (Lipinski definition) is 5. The SMILES string of the molecule is CC1=NN=C2C(=NO)N=C(c3ccccc3)c3ccccc3N2C1. The van der Waals surface area contributed by atoms with Gasteiger partial charge in [-0.3, -0.25) is 0 Å². The second-order valence-electron chi connectivity index (χ2n) is 5.61. The lowest BCUT2D eigenvalue weighted by atomic mass is 10.00. The van der Waals surface area contributed by atoms with E-state index < -0.39 is 0 Å². The van der Waals surface area contributed by atoms with E-state index in [9.17, 15) is 5.21 Å². The molecule has 0 saturated carbocycles. The van der Waals surface area contributed by atoms with Crippen molar-refractivity contribution in [3.63, 3.8) is 0 Å². The van der Waals surface area contributed by atoms with Crippen LogP contribution in [0.15, 0.2) is 74.9 Å². The maximum absolute atomic E-state index is 9.49. The third-order valence-electron chi connectivity index (χ3n) is 3.97. The molecule has 118 valence electrons. The molecule has 6 nitrogen and oxygen atoms in total. The van der Waals surface area contributed by atoms with Gasteiger partial charge in [0.15, 0.2) is 0 Å². The van der Waals surface area contributed by atoms with Crippen molar-refractivity contribution in [1.82, 2.24) is 0 Å². The Morgan fingerprint density at radius 3 is 2.54 bits per heavy atom. The summed E-state index contributed by atoms with van der Waals surface area (Å²) in [6.45, 7) is 2.50. The van der Waals surface area contributed by atoms with Crippen molar-refractivity contribution in [2.24, 2.45) is 20.4 Å². The number of aliphatic imine (C=N–C) groups is 1. The molecule has 2 heterocycles. The minimum atomic E-state index is 0.154. The third-order valence-corrected chi connectivity index (χ3v) is 3.97. The lowest BCUT2D eigenvalue weighted by Gasteiger charge is -2.26. The lowest BCUT2D eigenvalue weighted by molar-refractivity contribution is 0.319. The maximum Gasteiger partial charge on any atom is 0.237 e. The molecule has 1 N–H and O–H groups in total. The molecule has 0 saturated heterocycles. The predicted octanol–water partition coefficient (Wildman–Crippen LogP) is 2.92. The van der Waals surface area contributed by atoms with Gasteiger partial charge in [0.05, 0.1) is 23.7 Å². The minimum absolute atomic E-state index is 0.154. The highest BCUT2D eigenvalue weighted by atomic mass is 16.4. The fraction of sp³-hybridized carbons (Fsp3) is 0.111. The van der Waals surface area contributed by atoms with Crippen LogP contribution < -0.4 is 4.90 Å². The number of hydrogen-bond donors (Lipinski definition) is 1. The molecule has 0 bridgehead atoms. The lowest BCUT2D eigenvalue weighted by Crippen LogP contribution is -2.41. The molecule has 0 spiro atoms. The van der Waals surface area contributed by atoms with E-state index in [-0.39, 0.29) is 5.84 Å². The van der Waals surface area contributed by atoms with Crippen LogP contribution in [0.5, 0.6) is 0 Å². The van der Waals surface area contributed by atoms with E-state index in [0.29, 0.717) is 12.4 Å². The zero-order chi connectivity index (χ0) is 16.5. The van der Waals surface area contributed by atoms with Gasteiger partial charge in [0.1, 0.15) is 0 Å². The minimum Gasteiger partial charge on any atom is -0.409 e. The molecule has 4 rings (SSSR count). The topological polar surface area (TPSA) is 72.9 Å². The van der Waals surface area contributed by atoms with E-state index >= 15 is 0 Å². The van der Waals surface area contributed by atoms with Crippen LogP contribution in [-0.2, 0) is 0 Å². The second-order valence-corrected chi connectivity index (χ2v) is 5.61. The van der Waals surface area contributed by atoms with Crippen LogP contribution in [0.4, 0.5) is 5.69 Å². The fourth-order valence-corrected chi connectivity index (χ4v) is 2.90. The Morgan fingerprint density at radius 2 is 1.75 bits per heavy atom. The summed E-state index contributed by atoms with van der Waals surface area (Å²) in [5, 5.41) is 21.2. The van der Waals surface area contributed by atoms with Crippen molar-refractivity contribution < 1.29 is 5.21 Å². The van der Waals surface area contributed by atoms with Crippen LogP contribution in [-0.4, -0.2) is 34.8 Å². The first-order valence-corrected chi connectivity index (χ1v) is 7.62. The van der Waals surface area contributed by atoms with Crippen molar-refractivity contribution >= 4 is 28.8 Å². The molecular formula is C18H15N5O. The van der Waals surface area contributed by atoms with Crippen LogP contribution in [0.25, 0.3) is 0 Å². The molecule has 0 radical (unpaired) electrons. The average Bonchev–Trinajstić information content (AvgIpc) is 2.77. The molecule has 6 heteroatoms. The molecule has 2 aliphatic heterocycles. The number of nitrogens with zero attached hydrogens (tertiary/aromatic N) is 5. The summed E-state index contributed by atoms with van der Waals surface area (Å²) in [7, 11) is 0. The van der Waals surface area contributed by atoms with Gasteiger partial charge in [0.25, 0.3) is 0 Å². The molecule has 2 aromatic rings. The summed E-state index contributed by atoms with van der Waals surface area (Å²) in [5.74, 6) is 0.600. The number of benzene rings is 2. The number of para-hydroxylation sites is 1. The largest absolute Gasteiger partial charge is 0.409 e. The Kier molecular flexibility index (Phi) is 3.42. The summed E-state index contributed by atoms with van der Waals surface area (Å²) in [5.41, 5.74) is 4.50. The van der Waals surface area contributed by atoms with E-state index in [1.165, 1.54) is 0 Å². The van der Waals surface area contributed by atoms with E-state index in [1.54, 1.807) is 0 Å². The second kappa shape index (κ2) is 5.73. The first-order valence-electron chi connectivity index (χ1n) is 7.62. The molecule has 0 aromatic heterocycles. The van der Waals surface area contributed by atoms with Gasteiger partial charge in [-0.2, -0.15) is 5.10 Å². The maximum atomic E-state index is 9.49. The Bertz CT molecular complexity index is 912. The molecule has 24 heavy (non-hydrogen) atoms. The van der Waals surface area contributed by atoms with Crippen molar-refractivity contribution in [1.29, 1.82) is 0 Å². The highest BCUT2D eigenvalue weighted by Crippen LogP contribution is 2.28. The number of rotatable bonds is 1. The van der Waals surface area contributed by atoms with Crippen molar-refractivity contribution in [3.8, 4) is 0 Å². The van der Waals surface area contributed by atoms with E-state index in [4.69, 9.17) is 0 Å². The molecule has 0 unspecified atom stereocenters. The van der Waals surface area contributed by atoms with Gasteiger partial charge in [-0.15, -0.1) is 5.10 Å². The van der Waals surface area contributed by atoms with Gasteiger partial charge in [-0.05, 0) is 13.0 Å². The predicted molar refractivity (Wildman–Crippen MR) is 95.6 cm³/mol. The van der Waals surface area contributed by atoms with Crippen molar-refractivity contribution in [2.45, 2.75) is 6.92 Å². The number of anilines is 1. The average molecular weight is 317 g/mol. The molecule has 2 aromatic carbocycles. The fourth-order valence-electron chi connectivity index (χ4n) is 2.90. The Balaban J connectivity index is 2.00. The number of oxime groups is 1. The Hall–Kier alpha value is -3.28. The normalized spacial score (nSPS) is 18.1. The highest BCUT2D eigenvalue weighted by Gasteiger charge is 2.30. The van der Waals surface area contributed by atoms with Crippen LogP contribution in [0.1, 0.15) is 18.1 Å². The van der Waals surface area contributed by atoms with Gasteiger partial charge < -0.3 is 10.1 Å². The van der Waals surface area contributed by atoms with Gasteiger partial charge in [0.2, 0.25) is 11.7 Å². The van der Waals surface area contributed by atoms with Crippen molar-refractivity contribution in [2.75, 3.05) is 11.4 Å². The zero-order valence-electron chi connectivity index (χ0n) is 13.1. The highest BCUT2D eigenvalue weighted by molar-refractivity contribution is 6.50. The number of fused-ring (bicyclic) bond motifs is 3. The molecule has 0 aliphatic carbocycles. The summed E-state index contributed by atoms with van der Waals surface area (Å²) in [6.07, 6.45) is 0. The van der Waals surface area contributed by atoms with Crippen LogP contribution in [0.3, 0.4) is 0 Å². The summed E-state index contributed by atoms with van der Waals surface area (Å²) < 4.78 is 0. The third kappa shape index (κ3) is 2.28. The summed E-state index contributed by atoms with van der Waals surface area (Å²) in [6, 6.07) is 17.8. The van der Waals surface area contributed by atoms with Crippen LogP contribution >= 0.6 is 0 Å². The van der Waals surface area contributed by atoms with Gasteiger partial charge in [-0.1, -0.05) is 53.7 Å². The van der Waals surface area contributed by atoms with E-state index in [1.807, 2.05) is 66.4 Å². The van der Waals surface area contributed by atoms with E-state index in [0.717, 1.165) is 28.2 Å². The zero-order valence-corrected chi connectivity index (χ0v) is 13.1. The Labute approximate surface area is 139 Å². The standard InChI is InChI=1S/C18H15N5O/c1-12-11-23-15-10-6-5-9-14(15)16(13-7-3-2-4-8-13)19-17(22-24)18(23)21-20-12/h2-10,24H,11H2,1H3. The molecule has 2 aliphatic rings. The first kappa shape index (κ1) is 14.3. The van der Waals surface area contributed by atoms with Gasteiger partial charge in [-0.25, -0.2) is 4.99 Å². The summed E-state index contributed by atoms with van der Waals surface area (Å²) in [4.78, 5) is 6.57. The molecule has 0 atom stereocenters. The molecule has 0 amide bonds. The van der Waals surface area contributed by atoms with Crippen LogP contribution in [0.2, 0.25) is 0 Å². The smallest absolute Gasteiger partial charge is 0.237 e. The monoisotopic (exact) mass is 317 g/mol. The quantitative estimate of drug-likeness (QED) is 0.649.